The van der Waals surface area contributed by atoms with Crippen molar-refractivity contribution in [1.82, 2.24) is 10.2 Å². The third kappa shape index (κ3) is 11.1. The second kappa shape index (κ2) is 17.2. The lowest BCUT2D eigenvalue weighted by Crippen LogP contribution is -2.49. The van der Waals surface area contributed by atoms with E-state index in [0.29, 0.717) is 36.5 Å². The van der Waals surface area contributed by atoms with Crippen LogP contribution < -0.4 is 16.0 Å². The normalized spacial score (nSPS) is 12.1. The van der Waals surface area contributed by atoms with Crippen molar-refractivity contribution in [1.29, 1.82) is 0 Å². The van der Waals surface area contributed by atoms with Crippen molar-refractivity contribution < 1.29 is 19.5 Å². The second-order valence-corrected chi connectivity index (χ2v) is 11.3. The first-order chi connectivity index (χ1) is 17.8. The van der Waals surface area contributed by atoms with Crippen LogP contribution in [0.4, 0.5) is 16.2 Å². The Hall–Kier alpha value is -2.46. The fourth-order valence-electron chi connectivity index (χ4n) is 3.15. The van der Waals surface area contributed by atoms with Crippen LogP contribution in [-0.2, 0) is 15.0 Å². The minimum atomic E-state index is -0.895. The molecular formula is C28H45ClN4O4S. The predicted molar refractivity (Wildman–Crippen MR) is 161 cm³/mol. The van der Waals surface area contributed by atoms with Crippen LogP contribution in [0.15, 0.2) is 24.3 Å². The van der Waals surface area contributed by atoms with Gasteiger partial charge in [0.1, 0.15) is 6.29 Å². The number of aliphatic hydroxyl groups is 1. The standard InChI is InChI=1S/C17H21ClN2OS.C9H18N2O3.C2H6/c1-10-12(18)7-6-8-13(10)19-16(21)20-14-9-15(17(3,4)5)22-11(14)2;1-9(7-13,3-6-12)11(8-14)5-4-10-2;1-2/h6-9H,1-5H3,(H2,19,20,21);7-8,10,12H,3-6H2,1-2H3;1-2H3. The number of aldehydes is 1. The highest BCUT2D eigenvalue weighted by molar-refractivity contribution is 7.12. The highest BCUT2D eigenvalue weighted by atomic mass is 35.5. The maximum Gasteiger partial charge on any atom is 0.323 e. The van der Waals surface area contributed by atoms with Crippen LogP contribution in [0.1, 0.15) is 63.3 Å². The summed E-state index contributed by atoms with van der Waals surface area (Å²) in [5.41, 5.74) is 1.61. The molecule has 1 aromatic heterocycles. The highest BCUT2D eigenvalue weighted by Gasteiger charge is 2.29. The molecule has 0 spiro atoms. The van der Waals surface area contributed by atoms with Crippen LogP contribution in [0.2, 0.25) is 5.02 Å². The number of hydrogen-bond acceptors (Lipinski definition) is 6. The summed E-state index contributed by atoms with van der Waals surface area (Å²) in [6.45, 7) is 17.0. The quantitative estimate of drug-likeness (QED) is 0.263. The van der Waals surface area contributed by atoms with Crippen molar-refractivity contribution in [2.24, 2.45) is 0 Å². The molecule has 1 unspecified atom stereocenters. The first-order valence-corrected chi connectivity index (χ1v) is 13.9. The Balaban J connectivity index is 0.000000743. The van der Waals surface area contributed by atoms with Gasteiger partial charge in [-0.15, -0.1) is 11.3 Å². The zero-order valence-electron chi connectivity index (χ0n) is 24.2. The monoisotopic (exact) mass is 568 g/mol. The second-order valence-electron chi connectivity index (χ2n) is 9.67. The van der Waals surface area contributed by atoms with E-state index in [0.717, 1.165) is 16.1 Å². The molecule has 214 valence electrons. The van der Waals surface area contributed by atoms with E-state index in [9.17, 15) is 14.4 Å². The minimum absolute atomic E-state index is 0.0787. The number of carbonyl (C=O) groups excluding carboxylic acids is 3. The molecule has 1 aromatic carbocycles. The zero-order valence-corrected chi connectivity index (χ0v) is 25.8. The average molecular weight is 569 g/mol. The molecule has 10 heteroatoms. The lowest BCUT2D eigenvalue weighted by molar-refractivity contribution is -0.131. The molecule has 0 aliphatic heterocycles. The Morgan fingerprint density at radius 2 is 1.71 bits per heavy atom. The van der Waals surface area contributed by atoms with Gasteiger partial charge in [-0.25, -0.2) is 4.79 Å². The van der Waals surface area contributed by atoms with Crippen LogP contribution in [0.5, 0.6) is 0 Å². The van der Waals surface area contributed by atoms with E-state index in [1.165, 1.54) is 9.78 Å². The van der Waals surface area contributed by atoms with Crippen LogP contribution in [0.25, 0.3) is 0 Å². The van der Waals surface area contributed by atoms with E-state index < -0.39 is 5.54 Å². The third-order valence-electron chi connectivity index (χ3n) is 5.68. The van der Waals surface area contributed by atoms with Gasteiger partial charge in [0.05, 0.1) is 11.2 Å². The average Bonchev–Trinajstić information content (AvgIpc) is 3.24. The van der Waals surface area contributed by atoms with Crippen LogP contribution in [-0.4, -0.2) is 61.0 Å². The summed E-state index contributed by atoms with van der Waals surface area (Å²) in [7, 11) is 1.77. The van der Waals surface area contributed by atoms with Gasteiger partial charge in [0, 0.05) is 46.6 Å². The Kier molecular flexibility index (Phi) is 16.1. The number of urea groups is 1. The summed E-state index contributed by atoms with van der Waals surface area (Å²) >= 11 is 7.78. The Labute approximate surface area is 237 Å². The summed E-state index contributed by atoms with van der Waals surface area (Å²) in [6, 6.07) is 7.25. The number of carbonyl (C=O) groups is 3. The number of hydrogen-bond donors (Lipinski definition) is 4. The van der Waals surface area contributed by atoms with Crippen molar-refractivity contribution in [3.8, 4) is 0 Å². The zero-order chi connectivity index (χ0) is 29.5. The molecule has 3 amide bonds. The molecule has 0 aliphatic carbocycles. The van der Waals surface area contributed by atoms with Gasteiger partial charge in [-0.2, -0.15) is 0 Å². The predicted octanol–water partition coefficient (Wildman–Crippen LogP) is 5.99. The number of benzene rings is 1. The summed E-state index contributed by atoms with van der Waals surface area (Å²) in [6.07, 6.45) is 1.60. The van der Waals surface area contributed by atoms with Crippen LogP contribution >= 0.6 is 22.9 Å². The Morgan fingerprint density at radius 3 is 2.18 bits per heavy atom. The number of likely N-dealkylation sites (N-methyl/N-ethyl adjacent to an activating group) is 1. The number of aliphatic hydroxyl groups excluding tert-OH is 1. The number of halogens is 1. The maximum absolute atomic E-state index is 12.2. The van der Waals surface area contributed by atoms with Crippen LogP contribution in [0, 0.1) is 13.8 Å². The third-order valence-corrected chi connectivity index (χ3v) is 7.56. The smallest absolute Gasteiger partial charge is 0.323 e. The largest absolute Gasteiger partial charge is 0.396 e. The molecule has 0 radical (unpaired) electrons. The topological polar surface area (TPSA) is 111 Å². The summed E-state index contributed by atoms with van der Waals surface area (Å²) < 4.78 is 0. The first kappa shape index (κ1) is 35.5. The highest BCUT2D eigenvalue weighted by Crippen LogP contribution is 2.35. The Morgan fingerprint density at radius 1 is 1.11 bits per heavy atom. The fraction of sp³-hybridized carbons (Fsp3) is 0.536. The van der Waals surface area contributed by atoms with Gasteiger partial charge in [0.25, 0.3) is 0 Å². The molecule has 2 aromatic rings. The van der Waals surface area contributed by atoms with Crippen molar-refractivity contribution in [2.45, 2.75) is 72.8 Å². The van der Waals surface area contributed by atoms with E-state index >= 15 is 0 Å². The molecule has 1 heterocycles. The molecule has 0 bridgehead atoms. The molecule has 0 saturated heterocycles. The SMILES string of the molecule is CC.CNCCN(C=O)C(C)(C=O)CCO.Cc1sc(C(C)(C)C)cc1NC(=O)Nc1cccc(Cl)c1C. The number of nitrogens with one attached hydrogen (secondary N) is 3. The summed E-state index contributed by atoms with van der Waals surface area (Å²) in [5, 5.41) is 18.1. The molecule has 0 fully saturated rings. The molecule has 2 rings (SSSR count). The van der Waals surface area contributed by atoms with Gasteiger partial charge < -0.3 is 30.8 Å². The van der Waals surface area contributed by atoms with Gasteiger partial charge in [-0.05, 0) is 57.0 Å². The lowest BCUT2D eigenvalue weighted by Gasteiger charge is -2.33. The minimum Gasteiger partial charge on any atom is -0.396 e. The van der Waals surface area contributed by atoms with Gasteiger partial charge >= 0.3 is 6.03 Å². The van der Waals surface area contributed by atoms with E-state index in [2.05, 4.69) is 36.7 Å². The van der Waals surface area contributed by atoms with Crippen LogP contribution in [0.3, 0.4) is 0 Å². The van der Waals surface area contributed by atoms with E-state index in [-0.39, 0.29) is 24.5 Å². The van der Waals surface area contributed by atoms with Crippen molar-refractivity contribution >= 4 is 53.0 Å². The van der Waals surface area contributed by atoms with Gasteiger partial charge in [-0.3, -0.25) is 4.79 Å². The van der Waals surface area contributed by atoms with Crippen molar-refractivity contribution in [3.63, 3.8) is 0 Å². The number of thiophene rings is 1. The molecule has 38 heavy (non-hydrogen) atoms. The van der Waals surface area contributed by atoms with Crippen molar-refractivity contribution in [3.05, 3.63) is 44.6 Å². The van der Waals surface area contributed by atoms with E-state index in [1.54, 1.807) is 31.4 Å². The number of aryl methyl sites for hydroxylation is 1. The molecule has 8 nitrogen and oxygen atoms in total. The summed E-state index contributed by atoms with van der Waals surface area (Å²) in [4.78, 5) is 37.5. The molecule has 0 aliphatic rings. The maximum atomic E-state index is 12.2. The Bertz CT molecular complexity index is 1020. The van der Waals surface area contributed by atoms with Gasteiger partial charge in [0.2, 0.25) is 6.41 Å². The molecule has 1 atom stereocenters. The number of anilines is 2. The van der Waals surface area contributed by atoms with Gasteiger partial charge in [0.15, 0.2) is 0 Å². The van der Waals surface area contributed by atoms with Crippen molar-refractivity contribution in [2.75, 3.05) is 37.4 Å². The molecule has 0 saturated carbocycles. The molecule has 4 N–H and O–H groups in total. The van der Waals surface area contributed by atoms with E-state index in [4.69, 9.17) is 16.7 Å². The van der Waals surface area contributed by atoms with Gasteiger partial charge in [-0.1, -0.05) is 52.3 Å². The lowest BCUT2D eigenvalue weighted by atomic mass is 9.95. The summed E-state index contributed by atoms with van der Waals surface area (Å²) in [5.74, 6) is 0. The van der Waals surface area contributed by atoms with E-state index in [1.807, 2.05) is 45.9 Å². The first-order valence-electron chi connectivity index (χ1n) is 12.7. The molecular weight excluding hydrogens is 524 g/mol. The fourth-order valence-corrected chi connectivity index (χ4v) is 4.36. The number of amides is 3. The number of rotatable bonds is 10. The number of nitrogens with zero attached hydrogens (tertiary/aromatic N) is 1.